The fourth-order valence-corrected chi connectivity index (χ4v) is 9.82. The van der Waals surface area contributed by atoms with Crippen LogP contribution in [0.1, 0.15) is 51.7 Å². The van der Waals surface area contributed by atoms with Crippen molar-refractivity contribution in [3.63, 3.8) is 0 Å². The number of rotatable bonds is 6. The van der Waals surface area contributed by atoms with Crippen LogP contribution < -0.4 is 26.0 Å². The molecule has 7 aromatic carbocycles. The molecule has 0 aliphatic carbocycles. The molecule has 10 rings (SSSR count). The van der Waals surface area contributed by atoms with Crippen LogP contribution in [0, 0.1) is 0 Å². The fraction of sp³-hybridized carbons (Fsp3) is 0.160. The van der Waals surface area contributed by atoms with Gasteiger partial charge in [0.25, 0.3) is 6.71 Å². The van der Waals surface area contributed by atoms with E-state index in [0.29, 0.717) is 0 Å². The summed E-state index contributed by atoms with van der Waals surface area (Å²) in [4.78, 5) is 2.64. The summed E-state index contributed by atoms with van der Waals surface area (Å²) < 4.78 is 9.73. The van der Waals surface area contributed by atoms with Crippen LogP contribution in [0.4, 0.5) is 17.1 Å². The van der Waals surface area contributed by atoms with Crippen molar-refractivity contribution in [2.24, 2.45) is 0 Å². The number of benzene rings is 7. The van der Waals surface area contributed by atoms with Crippen LogP contribution in [0.2, 0.25) is 0 Å². The number of thiophene rings is 1. The van der Waals surface area contributed by atoms with Gasteiger partial charge in [-0.25, -0.2) is 0 Å². The number of hydrogen-bond donors (Lipinski definition) is 0. The van der Waals surface area contributed by atoms with Gasteiger partial charge in [0.05, 0.1) is 5.69 Å². The van der Waals surface area contributed by atoms with Crippen molar-refractivity contribution < 1.29 is 4.74 Å². The molecule has 0 amide bonds. The van der Waals surface area contributed by atoms with Crippen LogP contribution in [-0.2, 0) is 11.8 Å². The number of hydrogen-bond acceptors (Lipinski definition) is 3. The Kier molecular flexibility index (Phi) is 7.82. The number of fused-ring (bicyclic) bond motifs is 7. The van der Waals surface area contributed by atoms with E-state index in [9.17, 15) is 0 Å². The van der Waals surface area contributed by atoms with Crippen LogP contribution in [0.5, 0.6) is 11.5 Å². The Labute approximate surface area is 322 Å². The Hall–Kier alpha value is -5.58. The number of ether oxygens (including phenoxy) is 1. The Bertz CT molecular complexity index is 2730. The van der Waals surface area contributed by atoms with Crippen molar-refractivity contribution in [2.75, 3.05) is 4.90 Å². The lowest BCUT2D eigenvalue weighted by Crippen LogP contribution is -2.59. The van der Waals surface area contributed by atoms with E-state index in [2.05, 4.69) is 178 Å². The SMILES string of the molecule is CCCCc1ccc2sc3ccccc3c2c1N1c2ccc(-c3ccccc3)cc2B2c3cc(-c4ccccc4)ccc3Oc3cc(C(C)(C)C)cc1c32. The third-order valence-corrected chi connectivity index (χ3v) is 12.6. The number of anilines is 3. The highest BCUT2D eigenvalue weighted by Crippen LogP contribution is 2.50. The van der Waals surface area contributed by atoms with Crippen LogP contribution >= 0.6 is 11.3 Å². The monoisotopic (exact) mass is 715 g/mol. The first-order valence-electron chi connectivity index (χ1n) is 19.4. The number of nitrogens with zero attached hydrogens (tertiary/aromatic N) is 1. The average Bonchev–Trinajstić information content (AvgIpc) is 3.59. The second-order valence-corrected chi connectivity index (χ2v) is 17.0. The predicted molar refractivity (Wildman–Crippen MR) is 233 cm³/mol. The topological polar surface area (TPSA) is 12.5 Å². The molecule has 0 atom stereocenters. The van der Waals surface area contributed by atoms with E-state index in [0.717, 1.165) is 30.8 Å². The molecule has 262 valence electrons. The van der Waals surface area contributed by atoms with Crippen molar-refractivity contribution in [3.05, 3.63) is 157 Å². The molecule has 3 heterocycles. The van der Waals surface area contributed by atoms with Gasteiger partial charge < -0.3 is 9.64 Å². The maximum Gasteiger partial charge on any atom is 0.256 e. The molecule has 0 N–H and O–H groups in total. The minimum Gasteiger partial charge on any atom is -0.458 e. The Balaban J connectivity index is 1.33. The maximum absolute atomic E-state index is 7.08. The van der Waals surface area contributed by atoms with Gasteiger partial charge in [-0.1, -0.05) is 143 Å². The molecule has 1 aromatic heterocycles. The third kappa shape index (κ3) is 5.30. The first kappa shape index (κ1) is 33.0. The van der Waals surface area contributed by atoms with Crippen LogP contribution in [0.15, 0.2) is 146 Å². The highest BCUT2D eigenvalue weighted by atomic mass is 32.1. The van der Waals surface area contributed by atoms with E-state index in [4.69, 9.17) is 4.74 Å². The molecule has 0 saturated heterocycles. The number of aryl methyl sites for hydroxylation is 1. The smallest absolute Gasteiger partial charge is 0.256 e. The summed E-state index contributed by atoms with van der Waals surface area (Å²) in [5.41, 5.74) is 15.0. The zero-order chi connectivity index (χ0) is 36.6. The molecule has 0 fully saturated rings. The second-order valence-electron chi connectivity index (χ2n) is 15.9. The summed E-state index contributed by atoms with van der Waals surface area (Å²) in [6.07, 6.45) is 3.30. The van der Waals surface area contributed by atoms with Crippen molar-refractivity contribution in [3.8, 4) is 33.8 Å². The molecule has 0 saturated carbocycles. The summed E-state index contributed by atoms with van der Waals surface area (Å²) >= 11 is 1.90. The Morgan fingerprint density at radius 1 is 0.611 bits per heavy atom. The highest BCUT2D eigenvalue weighted by molar-refractivity contribution is 7.26. The highest BCUT2D eigenvalue weighted by Gasteiger charge is 2.43. The lowest BCUT2D eigenvalue weighted by atomic mass is 9.34. The van der Waals surface area contributed by atoms with E-state index in [1.807, 2.05) is 11.3 Å². The maximum atomic E-state index is 7.08. The fourth-order valence-electron chi connectivity index (χ4n) is 8.72. The summed E-state index contributed by atoms with van der Waals surface area (Å²) in [5.74, 6) is 1.89. The minimum atomic E-state index is -0.0862. The quantitative estimate of drug-likeness (QED) is 0.159. The van der Waals surface area contributed by atoms with E-state index in [1.54, 1.807) is 0 Å². The van der Waals surface area contributed by atoms with Gasteiger partial charge in [-0.2, -0.15) is 0 Å². The standard InChI is InChI=1S/C50H42BNOS/c1-5-6-15-34-24-27-46-47(38-20-13-14-21-45(38)54-46)49(34)52-41-25-22-35(32-16-9-7-10-17-32)28-39(41)51-40-29-36(33-18-11-8-12-19-33)23-26-43(40)53-44-31-37(50(2,3)4)30-42(52)48(44)51/h7-14,16-31H,5-6,15H2,1-4H3. The molecule has 2 aliphatic heterocycles. The van der Waals surface area contributed by atoms with Crippen molar-refractivity contribution in [1.29, 1.82) is 0 Å². The first-order chi connectivity index (χ1) is 26.4. The van der Waals surface area contributed by atoms with E-state index >= 15 is 0 Å². The molecule has 2 aliphatic rings. The van der Waals surface area contributed by atoms with E-state index in [1.165, 1.54) is 87.0 Å². The van der Waals surface area contributed by atoms with Gasteiger partial charge in [-0.3, -0.25) is 0 Å². The summed E-state index contributed by atoms with van der Waals surface area (Å²) in [6.45, 7) is 9.23. The van der Waals surface area contributed by atoms with Crippen molar-refractivity contribution in [2.45, 2.75) is 52.4 Å². The molecule has 0 unspecified atom stereocenters. The summed E-state index contributed by atoms with van der Waals surface area (Å²) in [6, 6.07) is 54.1. The molecule has 54 heavy (non-hydrogen) atoms. The van der Waals surface area contributed by atoms with Gasteiger partial charge in [0.2, 0.25) is 0 Å². The predicted octanol–water partition coefficient (Wildman–Crippen LogP) is 12.4. The lowest BCUT2D eigenvalue weighted by molar-refractivity contribution is 0.483. The van der Waals surface area contributed by atoms with Gasteiger partial charge >= 0.3 is 0 Å². The molecule has 4 heteroatoms. The Morgan fingerprint density at radius 2 is 1.30 bits per heavy atom. The van der Waals surface area contributed by atoms with Gasteiger partial charge in [0, 0.05) is 31.5 Å². The van der Waals surface area contributed by atoms with E-state index < -0.39 is 0 Å². The largest absolute Gasteiger partial charge is 0.458 e. The van der Waals surface area contributed by atoms with Crippen LogP contribution in [0.25, 0.3) is 42.4 Å². The van der Waals surface area contributed by atoms with Gasteiger partial charge in [0.15, 0.2) is 0 Å². The lowest BCUT2D eigenvalue weighted by Gasteiger charge is -2.42. The normalized spacial score (nSPS) is 13.1. The zero-order valence-electron chi connectivity index (χ0n) is 31.3. The van der Waals surface area contributed by atoms with Crippen molar-refractivity contribution >= 4 is 71.7 Å². The van der Waals surface area contributed by atoms with Crippen LogP contribution in [0.3, 0.4) is 0 Å². The molecule has 0 bridgehead atoms. The van der Waals surface area contributed by atoms with Crippen molar-refractivity contribution in [1.82, 2.24) is 0 Å². The zero-order valence-corrected chi connectivity index (χ0v) is 32.1. The van der Waals surface area contributed by atoms with Gasteiger partial charge in [-0.05, 0) is 104 Å². The van der Waals surface area contributed by atoms with E-state index in [-0.39, 0.29) is 12.1 Å². The molecular weight excluding hydrogens is 673 g/mol. The average molecular weight is 716 g/mol. The minimum absolute atomic E-state index is 0.0103. The third-order valence-electron chi connectivity index (χ3n) is 11.5. The molecule has 0 radical (unpaired) electrons. The second kappa shape index (κ2) is 12.8. The molecule has 2 nitrogen and oxygen atoms in total. The van der Waals surface area contributed by atoms with Gasteiger partial charge in [0.1, 0.15) is 11.5 Å². The first-order valence-corrected chi connectivity index (χ1v) is 20.2. The summed E-state index contributed by atoms with van der Waals surface area (Å²) in [5, 5.41) is 2.67. The Morgan fingerprint density at radius 3 is 2.02 bits per heavy atom. The van der Waals surface area contributed by atoms with Gasteiger partial charge in [-0.15, -0.1) is 11.3 Å². The molecule has 0 spiro atoms. The summed E-state index contributed by atoms with van der Waals surface area (Å²) in [7, 11) is 0. The number of unbranched alkanes of at least 4 members (excludes halogenated alkanes) is 1. The van der Waals surface area contributed by atoms with Crippen LogP contribution in [-0.4, -0.2) is 6.71 Å². The molecule has 8 aromatic rings. The molecular formula is C50H42BNOS.